The maximum Gasteiger partial charge on any atom is 0.266 e. The van der Waals surface area contributed by atoms with Crippen LogP contribution in [-0.4, -0.2) is 24.0 Å². The highest BCUT2D eigenvalue weighted by Crippen LogP contribution is 2.22. The van der Waals surface area contributed by atoms with Crippen LogP contribution in [0.15, 0.2) is 36.4 Å². The summed E-state index contributed by atoms with van der Waals surface area (Å²) < 4.78 is 13.7. The Morgan fingerprint density at radius 3 is 2.45 bits per heavy atom. The second-order valence-electron chi connectivity index (χ2n) is 5.13. The maximum absolute atomic E-state index is 13.7. The number of halogens is 1. The third-order valence-electron chi connectivity index (χ3n) is 3.73. The van der Waals surface area contributed by atoms with E-state index in [2.05, 4.69) is 5.43 Å². The van der Waals surface area contributed by atoms with Gasteiger partial charge >= 0.3 is 0 Å². The van der Waals surface area contributed by atoms with E-state index in [9.17, 15) is 9.18 Å². The van der Waals surface area contributed by atoms with Crippen molar-refractivity contribution in [3.63, 3.8) is 0 Å². The number of rotatable bonds is 2. The standard InChI is InChI=1S/C16H17FN2O/c17-15-9-8-14(12-6-2-3-7-13(12)15)16(20)18-19-10-4-1-5-11-19/h2-3,6-9H,1,4-5,10-11H2,(H,18,20). The van der Waals surface area contributed by atoms with Crippen LogP contribution < -0.4 is 5.43 Å². The minimum Gasteiger partial charge on any atom is -0.285 e. The predicted molar refractivity (Wildman–Crippen MR) is 76.8 cm³/mol. The number of hydrogen-bond acceptors (Lipinski definition) is 2. The Bertz CT molecular complexity index is 635. The Hall–Kier alpha value is -1.94. The van der Waals surface area contributed by atoms with Crippen LogP contribution in [0.5, 0.6) is 0 Å². The molecule has 104 valence electrons. The van der Waals surface area contributed by atoms with E-state index < -0.39 is 0 Å². The number of carbonyl (C=O) groups excluding carboxylic acids is 1. The van der Waals surface area contributed by atoms with Crippen LogP contribution in [0.1, 0.15) is 29.6 Å². The van der Waals surface area contributed by atoms with Gasteiger partial charge in [-0.15, -0.1) is 0 Å². The summed E-state index contributed by atoms with van der Waals surface area (Å²) in [5.41, 5.74) is 3.44. The zero-order valence-electron chi connectivity index (χ0n) is 11.2. The van der Waals surface area contributed by atoms with E-state index in [4.69, 9.17) is 0 Å². The van der Waals surface area contributed by atoms with Gasteiger partial charge in [0.05, 0.1) is 0 Å². The summed E-state index contributed by atoms with van der Waals surface area (Å²) in [7, 11) is 0. The van der Waals surface area contributed by atoms with Gasteiger partial charge in [0.1, 0.15) is 5.82 Å². The molecule has 0 spiro atoms. The van der Waals surface area contributed by atoms with Crippen molar-refractivity contribution in [3.05, 3.63) is 47.8 Å². The molecule has 0 radical (unpaired) electrons. The van der Waals surface area contributed by atoms with Crippen molar-refractivity contribution < 1.29 is 9.18 Å². The molecular weight excluding hydrogens is 255 g/mol. The third-order valence-corrected chi connectivity index (χ3v) is 3.73. The van der Waals surface area contributed by atoms with Crippen molar-refractivity contribution in [1.82, 2.24) is 10.4 Å². The molecule has 1 heterocycles. The summed E-state index contributed by atoms with van der Waals surface area (Å²) in [6.07, 6.45) is 3.42. The predicted octanol–water partition coefficient (Wildman–Crippen LogP) is 3.11. The number of piperidine rings is 1. The van der Waals surface area contributed by atoms with Gasteiger partial charge in [0.25, 0.3) is 5.91 Å². The third kappa shape index (κ3) is 2.51. The Morgan fingerprint density at radius 1 is 1.00 bits per heavy atom. The summed E-state index contributed by atoms with van der Waals surface area (Å²) in [6.45, 7) is 1.76. The van der Waals surface area contributed by atoms with Gasteiger partial charge in [-0.25, -0.2) is 9.40 Å². The molecule has 0 unspecified atom stereocenters. The van der Waals surface area contributed by atoms with Gasteiger partial charge < -0.3 is 0 Å². The maximum atomic E-state index is 13.7. The van der Waals surface area contributed by atoms with Crippen LogP contribution in [0.25, 0.3) is 10.8 Å². The number of nitrogens with one attached hydrogen (secondary N) is 1. The molecule has 0 aromatic heterocycles. The molecule has 1 aliphatic heterocycles. The highest BCUT2D eigenvalue weighted by atomic mass is 19.1. The average molecular weight is 272 g/mol. The van der Waals surface area contributed by atoms with E-state index in [0.29, 0.717) is 16.3 Å². The van der Waals surface area contributed by atoms with Crippen LogP contribution >= 0.6 is 0 Å². The summed E-state index contributed by atoms with van der Waals surface area (Å²) in [6, 6.07) is 9.98. The lowest BCUT2D eigenvalue weighted by Crippen LogP contribution is -2.45. The van der Waals surface area contributed by atoms with Crippen LogP contribution in [0.4, 0.5) is 4.39 Å². The molecule has 1 amide bonds. The molecule has 3 rings (SSSR count). The van der Waals surface area contributed by atoms with Crippen LogP contribution in [0.3, 0.4) is 0 Å². The zero-order valence-corrected chi connectivity index (χ0v) is 11.2. The highest BCUT2D eigenvalue weighted by Gasteiger charge is 2.16. The normalized spacial score (nSPS) is 16.2. The van der Waals surface area contributed by atoms with Crippen LogP contribution in [-0.2, 0) is 0 Å². The minimum absolute atomic E-state index is 0.164. The zero-order chi connectivity index (χ0) is 13.9. The number of fused-ring (bicyclic) bond motifs is 1. The van der Waals surface area contributed by atoms with Crippen molar-refractivity contribution in [3.8, 4) is 0 Å². The van der Waals surface area contributed by atoms with Gasteiger partial charge in [-0.3, -0.25) is 10.2 Å². The Balaban J connectivity index is 1.89. The first-order chi connectivity index (χ1) is 9.75. The molecule has 0 atom stereocenters. The van der Waals surface area contributed by atoms with Crippen LogP contribution in [0, 0.1) is 5.82 Å². The van der Waals surface area contributed by atoms with Crippen molar-refractivity contribution in [1.29, 1.82) is 0 Å². The molecule has 20 heavy (non-hydrogen) atoms. The monoisotopic (exact) mass is 272 g/mol. The molecule has 4 heteroatoms. The molecule has 1 aliphatic rings. The first kappa shape index (κ1) is 13.1. The molecule has 1 saturated heterocycles. The molecule has 1 N–H and O–H groups in total. The Morgan fingerprint density at radius 2 is 1.70 bits per heavy atom. The van der Waals surface area contributed by atoms with E-state index in [1.54, 1.807) is 24.3 Å². The summed E-state index contributed by atoms with van der Waals surface area (Å²) in [4.78, 5) is 12.4. The van der Waals surface area contributed by atoms with Crippen molar-refractivity contribution >= 4 is 16.7 Å². The number of carbonyl (C=O) groups is 1. The van der Waals surface area contributed by atoms with Crippen molar-refractivity contribution in [2.24, 2.45) is 0 Å². The topological polar surface area (TPSA) is 32.3 Å². The highest BCUT2D eigenvalue weighted by molar-refractivity contribution is 6.06. The number of amides is 1. The largest absolute Gasteiger partial charge is 0.285 e. The van der Waals surface area contributed by atoms with E-state index >= 15 is 0 Å². The Kier molecular flexibility index (Phi) is 3.65. The average Bonchev–Trinajstić information content (AvgIpc) is 2.49. The van der Waals surface area contributed by atoms with E-state index in [0.717, 1.165) is 25.9 Å². The van der Waals surface area contributed by atoms with Gasteiger partial charge in [0.15, 0.2) is 0 Å². The fourth-order valence-corrected chi connectivity index (χ4v) is 2.67. The number of hydrogen-bond donors (Lipinski definition) is 1. The quantitative estimate of drug-likeness (QED) is 0.911. The van der Waals surface area contributed by atoms with Gasteiger partial charge in [-0.1, -0.05) is 30.7 Å². The second-order valence-corrected chi connectivity index (χ2v) is 5.13. The Labute approximate surface area is 117 Å². The fraction of sp³-hybridized carbons (Fsp3) is 0.312. The molecule has 0 bridgehead atoms. The van der Waals surface area contributed by atoms with E-state index in [-0.39, 0.29) is 11.7 Å². The molecule has 1 fully saturated rings. The van der Waals surface area contributed by atoms with Crippen molar-refractivity contribution in [2.75, 3.05) is 13.1 Å². The van der Waals surface area contributed by atoms with Gasteiger partial charge in [-0.2, -0.15) is 0 Å². The van der Waals surface area contributed by atoms with Crippen LogP contribution in [0.2, 0.25) is 0 Å². The van der Waals surface area contributed by atoms with Gasteiger partial charge in [-0.05, 0) is 30.4 Å². The number of benzene rings is 2. The molecule has 0 saturated carbocycles. The number of hydrazine groups is 1. The summed E-state index contributed by atoms with van der Waals surface area (Å²) in [5.74, 6) is -0.460. The van der Waals surface area contributed by atoms with Gasteiger partial charge in [0, 0.05) is 24.0 Å². The fourth-order valence-electron chi connectivity index (χ4n) is 2.67. The molecule has 2 aromatic carbocycles. The first-order valence-corrected chi connectivity index (χ1v) is 6.99. The minimum atomic E-state index is -0.296. The van der Waals surface area contributed by atoms with Crippen molar-refractivity contribution in [2.45, 2.75) is 19.3 Å². The summed E-state index contributed by atoms with van der Waals surface area (Å²) >= 11 is 0. The lowest BCUT2D eigenvalue weighted by atomic mass is 10.0. The number of nitrogens with zero attached hydrogens (tertiary/aromatic N) is 1. The summed E-state index contributed by atoms with van der Waals surface area (Å²) in [5, 5.41) is 3.09. The molecular formula is C16H17FN2O. The molecule has 2 aromatic rings. The lowest BCUT2D eigenvalue weighted by molar-refractivity contribution is 0.0752. The molecule has 3 nitrogen and oxygen atoms in total. The SMILES string of the molecule is O=C(NN1CCCCC1)c1ccc(F)c2ccccc12. The molecule has 0 aliphatic carbocycles. The van der Waals surface area contributed by atoms with E-state index in [1.165, 1.54) is 12.5 Å². The smallest absolute Gasteiger partial charge is 0.266 e. The first-order valence-electron chi connectivity index (χ1n) is 6.99. The van der Waals surface area contributed by atoms with Gasteiger partial charge in [0.2, 0.25) is 0 Å². The lowest BCUT2D eigenvalue weighted by Gasteiger charge is -2.27. The van der Waals surface area contributed by atoms with E-state index in [1.807, 2.05) is 11.1 Å². The second kappa shape index (κ2) is 5.59.